The molecule has 2 aromatic rings. The number of anilines is 1. The van der Waals surface area contributed by atoms with Gasteiger partial charge in [0.1, 0.15) is 11.5 Å². The first-order chi connectivity index (χ1) is 12.8. The van der Waals surface area contributed by atoms with Gasteiger partial charge in [-0.1, -0.05) is 26.8 Å². The van der Waals surface area contributed by atoms with Gasteiger partial charge in [0.15, 0.2) is 5.89 Å². The van der Waals surface area contributed by atoms with Gasteiger partial charge in [-0.3, -0.25) is 9.69 Å². The van der Waals surface area contributed by atoms with Crippen molar-refractivity contribution in [2.75, 3.05) is 24.5 Å². The lowest BCUT2D eigenvalue weighted by Crippen LogP contribution is -2.36. The molecule has 7 heteroatoms. The van der Waals surface area contributed by atoms with Gasteiger partial charge in [0.05, 0.1) is 6.54 Å². The molecule has 142 valence electrons. The summed E-state index contributed by atoms with van der Waals surface area (Å²) in [4.78, 5) is 32.9. The van der Waals surface area contributed by atoms with E-state index in [0.717, 1.165) is 17.1 Å². The van der Waals surface area contributed by atoms with Crippen LogP contribution in [0.4, 0.5) is 10.5 Å². The third-order valence-electron chi connectivity index (χ3n) is 4.92. The van der Waals surface area contributed by atoms with E-state index in [2.05, 4.69) is 31.1 Å². The van der Waals surface area contributed by atoms with Gasteiger partial charge in [0.2, 0.25) is 0 Å². The Kier molecular flexibility index (Phi) is 4.17. The summed E-state index contributed by atoms with van der Waals surface area (Å²) in [7, 11) is 0. The van der Waals surface area contributed by atoms with Crippen molar-refractivity contribution in [2.24, 2.45) is 0 Å². The molecule has 0 atom stereocenters. The van der Waals surface area contributed by atoms with Gasteiger partial charge in [-0.05, 0) is 18.2 Å². The molecule has 3 heterocycles. The quantitative estimate of drug-likeness (QED) is 0.884. The van der Waals surface area contributed by atoms with E-state index < -0.39 is 0 Å². The molecule has 2 aliphatic rings. The Bertz CT molecular complexity index is 897. The molecule has 0 spiro atoms. The summed E-state index contributed by atoms with van der Waals surface area (Å²) >= 11 is 0. The number of fused-ring (bicyclic) bond motifs is 1. The van der Waals surface area contributed by atoms with E-state index in [0.29, 0.717) is 44.1 Å². The molecule has 0 bridgehead atoms. The number of nitrogens with zero attached hydrogens (tertiary/aromatic N) is 3. The average molecular weight is 368 g/mol. The first kappa shape index (κ1) is 17.6. The number of oxazole rings is 1. The zero-order valence-electron chi connectivity index (χ0n) is 15.9. The van der Waals surface area contributed by atoms with Crippen LogP contribution in [-0.4, -0.2) is 41.5 Å². The summed E-state index contributed by atoms with van der Waals surface area (Å²) in [6.45, 7) is 8.46. The van der Waals surface area contributed by atoms with Gasteiger partial charge in [-0.25, -0.2) is 9.78 Å². The fourth-order valence-electron chi connectivity index (χ4n) is 3.40. The van der Waals surface area contributed by atoms with Crippen LogP contribution in [0.15, 0.2) is 28.7 Å². The highest BCUT2D eigenvalue weighted by Gasteiger charge is 2.30. The zero-order valence-corrected chi connectivity index (χ0v) is 15.9. The Morgan fingerprint density at radius 3 is 2.78 bits per heavy atom. The van der Waals surface area contributed by atoms with Crippen molar-refractivity contribution in [1.82, 2.24) is 15.2 Å². The van der Waals surface area contributed by atoms with Crippen molar-refractivity contribution in [3.05, 3.63) is 47.2 Å². The predicted octanol–water partition coefficient (Wildman–Crippen LogP) is 2.70. The molecule has 1 fully saturated rings. The number of hydrogen-bond acceptors (Lipinski definition) is 4. The van der Waals surface area contributed by atoms with E-state index in [9.17, 15) is 9.59 Å². The molecule has 3 amide bonds. The minimum Gasteiger partial charge on any atom is -0.445 e. The number of hydrogen-bond donors (Lipinski definition) is 1. The summed E-state index contributed by atoms with van der Waals surface area (Å²) in [5.74, 6) is 1.54. The smallest absolute Gasteiger partial charge is 0.321 e. The fraction of sp³-hybridized carbons (Fsp3) is 0.450. The Morgan fingerprint density at radius 2 is 2.07 bits per heavy atom. The Morgan fingerprint density at radius 1 is 1.26 bits per heavy atom. The molecule has 27 heavy (non-hydrogen) atoms. The van der Waals surface area contributed by atoms with Gasteiger partial charge >= 0.3 is 6.03 Å². The van der Waals surface area contributed by atoms with Crippen molar-refractivity contribution < 1.29 is 14.0 Å². The Balaban J connectivity index is 1.54. The molecule has 0 unspecified atom stereocenters. The van der Waals surface area contributed by atoms with Crippen LogP contribution >= 0.6 is 0 Å². The van der Waals surface area contributed by atoms with Crippen LogP contribution in [0.1, 0.15) is 48.5 Å². The number of nitrogens with one attached hydrogen (secondary N) is 1. The minimum atomic E-state index is -0.156. The lowest BCUT2D eigenvalue weighted by Gasteiger charge is -2.26. The molecule has 1 aromatic heterocycles. The van der Waals surface area contributed by atoms with Crippen LogP contribution in [-0.2, 0) is 18.4 Å². The molecular weight excluding hydrogens is 344 g/mol. The molecule has 4 rings (SSSR count). The zero-order chi connectivity index (χ0) is 19.2. The van der Waals surface area contributed by atoms with E-state index in [4.69, 9.17) is 4.42 Å². The van der Waals surface area contributed by atoms with E-state index in [-0.39, 0.29) is 17.4 Å². The number of amides is 3. The second kappa shape index (κ2) is 6.40. The maximum absolute atomic E-state index is 13.0. The van der Waals surface area contributed by atoms with Crippen molar-refractivity contribution in [3.63, 3.8) is 0 Å². The SMILES string of the molecule is CC(C)(C)c1nc2c(o1)CCN(C(=O)c1cccc(N3CCNC3=O)c1)C2. The van der Waals surface area contributed by atoms with Crippen LogP contribution in [0.2, 0.25) is 0 Å². The average Bonchev–Trinajstić information content (AvgIpc) is 3.26. The third-order valence-corrected chi connectivity index (χ3v) is 4.92. The first-order valence-electron chi connectivity index (χ1n) is 9.27. The predicted molar refractivity (Wildman–Crippen MR) is 101 cm³/mol. The van der Waals surface area contributed by atoms with Gasteiger partial charge < -0.3 is 14.6 Å². The lowest BCUT2D eigenvalue weighted by atomic mass is 9.97. The van der Waals surface area contributed by atoms with Crippen LogP contribution < -0.4 is 10.2 Å². The van der Waals surface area contributed by atoms with Gasteiger partial charge in [-0.2, -0.15) is 0 Å². The van der Waals surface area contributed by atoms with Crippen LogP contribution in [0.3, 0.4) is 0 Å². The number of aromatic nitrogens is 1. The van der Waals surface area contributed by atoms with E-state index in [1.807, 2.05) is 12.1 Å². The number of rotatable bonds is 2. The van der Waals surface area contributed by atoms with Gasteiger partial charge in [0.25, 0.3) is 5.91 Å². The largest absolute Gasteiger partial charge is 0.445 e. The number of benzene rings is 1. The fourth-order valence-corrected chi connectivity index (χ4v) is 3.40. The molecule has 1 N–H and O–H groups in total. The second-order valence-electron chi connectivity index (χ2n) is 8.05. The second-order valence-corrected chi connectivity index (χ2v) is 8.05. The van der Waals surface area contributed by atoms with Crippen molar-refractivity contribution >= 4 is 17.6 Å². The summed E-state index contributed by atoms with van der Waals surface area (Å²) in [5, 5.41) is 2.78. The number of carbonyl (C=O) groups excluding carboxylic acids is 2. The lowest BCUT2D eigenvalue weighted by molar-refractivity contribution is 0.0727. The maximum Gasteiger partial charge on any atom is 0.321 e. The van der Waals surface area contributed by atoms with Crippen molar-refractivity contribution in [1.29, 1.82) is 0 Å². The molecular formula is C20H24N4O3. The van der Waals surface area contributed by atoms with Gasteiger partial charge in [-0.15, -0.1) is 0 Å². The van der Waals surface area contributed by atoms with Crippen LogP contribution in [0, 0.1) is 0 Å². The molecule has 1 saturated heterocycles. The first-order valence-corrected chi connectivity index (χ1v) is 9.27. The minimum absolute atomic E-state index is 0.0533. The molecule has 7 nitrogen and oxygen atoms in total. The highest BCUT2D eigenvalue weighted by atomic mass is 16.4. The molecule has 2 aliphatic heterocycles. The molecule has 1 aromatic carbocycles. The highest BCUT2D eigenvalue weighted by Crippen LogP contribution is 2.28. The number of urea groups is 1. The van der Waals surface area contributed by atoms with Crippen molar-refractivity contribution in [3.8, 4) is 0 Å². The highest BCUT2D eigenvalue weighted by molar-refractivity contribution is 5.98. The summed E-state index contributed by atoms with van der Waals surface area (Å²) in [5.41, 5.74) is 2.01. The topological polar surface area (TPSA) is 78.7 Å². The number of carbonyl (C=O) groups is 2. The van der Waals surface area contributed by atoms with Gasteiger partial charge in [0, 0.05) is 42.7 Å². The molecule has 0 radical (unpaired) electrons. The maximum atomic E-state index is 13.0. The molecule has 0 saturated carbocycles. The van der Waals surface area contributed by atoms with E-state index in [1.54, 1.807) is 21.9 Å². The summed E-state index contributed by atoms with van der Waals surface area (Å²) in [6.07, 6.45) is 0.665. The van der Waals surface area contributed by atoms with E-state index >= 15 is 0 Å². The van der Waals surface area contributed by atoms with E-state index in [1.165, 1.54) is 0 Å². The van der Waals surface area contributed by atoms with Crippen LogP contribution in [0.5, 0.6) is 0 Å². The summed E-state index contributed by atoms with van der Waals surface area (Å²) < 4.78 is 5.90. The normalized spacial score (nSPS) is 17.1. The Labute approximate surface area is 158 Å². The third kappa shape index (κ3) is 3.29. The van der Waals surface area contributed by atoms with Crippen LogP contribution in [0.25, 0.3) is 0 Å². The monoisotopic (exact) mass is 368 g/mol. The molecule has 0 aliphatic carbocycles. The summed E-state index contributed by atoms with van der Waals surface area (Å²) in [6, 6.07) is 7.12. The van der Waals surface area contributed by atoms with Crippen molar-refractivity contribution in [2.45, 2.75) is 39.2 Å². The Hall–Kier alpha value is -2.83. The standard InChI is InChI=1S/C20H24N4O3/c1-20(2,3)18-22-15-12-23(9-7-16(15)27-18)17(25)13-5-4-6-14(11-13)24-10-8-21-19(24)26/h4-6,11H,7-10,12H2,1-3H3,(H,21,26).